The number of anilines is 2. The molecule has 94 valence electrons. The zero-order chi connectivity index (χ0) is 13.0. The third-order valence-corrected chi connectivity index (χ3v) is 2.31. The van der Waals surface area contributed by atoms with Crippen LogP contribution in [0.4, 0.5) is 11.6 Å². The van der Waals surface area contributed by atoms with E-state index in [1.54, 1.807) is 6.07 Å². The van der Waals surface area contributed by atoms with E-state index in [-0.39, 0.29) is 5.91 Å². The Kier molecular flexibility index (Phi) is 3.52. The Balaban J connectivity index is 2.11. The van der Waals surface area contributed by atoms with Crippen molar-refractivity contribution in [2.45, 2.75) is 6.92 Å². The highest BCUT2D eigenvalue weighted by molar-refractivity contribution is 5.87. The van der Waals surface area contributed by atoms with Crippen LogP contribution in [0.15, 0.2) is 18.5 Å². The van der Waals surface area contributed by atoms with Gasteiger partial charge in [0.1, 0.15) is 18.0 Å². The van der Waals surface area contributed by atoms with Gasteiger partial charge in [-0.2, -0.15) is 0 Å². The summed E-state index contributed by atoms with van der Waals surface area (Å²) < 4.78 is 0. The lowest BCUT2D eigenvalue weighted by molar-refractivity contribution is -0.118. The number of fused-ring (bicyclic) bond motifs is 1. The number of hydrogen-bond acceptors (Lipinski definition) is 6. The highest BCUT2D eigenvalue weighted by Crippen LogP contribution is 2.17. The van der Waals surface area contributed by atoms with Crippen molar-refractivity contribution in [3.8, 4) is 0 Å². The van der Waals surface area contributed by atoms with Gasteiger partial charge in [0, 0.05) is 20.0 Å². The van der Waals surface area contributed by atoms with Gasteiger partial charge in [-0.1, -0.05) is 0 Å². The van der Waals surface area contributed by atoms with Gasteiger partial charge in [-0.3, -0.25) is 4.79 Å². The highest BCUT2D eigenvalue weighted by atomic mass is 16.1. The van der Waals surface area contributed by atoms with Crippen LogP contribution in [0.1, 0.15) is 6.92 Å². The van der Waals surface area contributed by atoms with Crippen molar-refractivity contribution in [3.63, 3.8) is 0 Å². The molecule has 0 aliphatic heterocycles. The lowest BCUT2D eigenvalue weighted by Gasteiger charge is -2.08. The SMILES string of the molecule is CC(=O)NCCNc1ncnc2nc(N)ccc12. The molecule has 0 saturated heterocycles. The fourth-order valence-electron chi connectivity index (χ4n) is 1.52. The van der Waals surface area contributed by atoms with Crippen LogP contribution in [0.3, 0.4) is 0 Å². The Morgan fingerprint density at radius 1 is 1.33 bits per heavy atom. The first-order chi connectivity index (χ1) is 8.66. The minimum Gasteiger partial charge on any atom is -0.384 e. The van der Waals surface area contributed by atoms with Crippen LogP contribution < -0.4 is 16.4 Å². The predicted molar refractivity (Wildman–Crippen MR) is 68.9 cm³/mol. The average molecular weight is 246 g/mol. The molecule has 7 heteroatoms. The topological polar surface area (TPSA) is 106 Å². The number of carbonyl (C=O) groups excluding carboxylic acids is 1. The smallest absolute Gasteiger partial charge is 0.216 e. The Morgan fingerprint density at radius 2 is 2.17 bits per heavy atom. The van der Waals surface area contributed by atoms with E-state index in [9.17, 15) is 4.79 Å². The Bertz CT molecular complexity index is 570. The summed E-state index contributed by atoms with van der Waals surface area (Å²) in [4.78, 5) is 23.0. The number of aromatic nitrogens is 3. The van der Waals surface area contributed by atoms with E-state index in [4.69, 9.17) is 5.73 Å². The molecular formula is C11H14N6O. The third kappa shape index (κ3) is 2.82. The van der Waals surface area contributed by atoms with Crippen molar-refractivity contribution < 1.29 is 4.79 Å². The molecule has 0 saturated carbocycles. The number of nitrogens with zero attached hydrogens (tertiary/aromatic N) is 3. The van der Waals surface area contributed by atoms with Crippen LogP contribution in [0.25, 0.3) is 11.0 Å². The first kappa shape index (κ1) is 12.0. The van der Waals surface area contributed by atoms with E-state index in [2.05, 4.69) is 25.6 Å². The van der Waals surface area contributed by atoms with Crippen LogP contribution in [-0.4, -0.2) is 33.9 Å². The van der Waals surface area contributed by atoms with E-state index < -0.39 is 0 Å². The van der Waals surface area contributed by atoms with Gasteiger partial charge < -0.3 is 16.4 Å². The first-order valence-electron chi connectivity index (χ1n) is 5.52. The van der Waals surface area contributed by atoms with Gasteiger partial charge in [-0.05, 0) is 12.1 Å². The van der Waals surface area contributed by atoms with Gasteiger partial charge in [-0.25, -0.2) is 15.0 Å². The second kappa shape index (κ2) is 5.26. The Hall–Kier alpha value is -2.44. The molecule has 0 aliphatic carbocycles. The van der Waals surface area contributed by atoms with Crippen molar-refractivity contribution in [3.05, 3.63) is 18.5 Å². The normalized spacial score (nSPS) is 10.3. The molecule has 0 bridgehead atoms. The highest BCUT2D eigenvalue weighted by Gasteiger charge is 2.04. The molecule has 0 aromatic carbocycles. The Morgan fingerprint density at radius 3 is 2.94 bits per heavy atom. The van der Waals surface area contributed by atoms with Crippen molar-refractivity contribution in [2.75, 3.05) is 24.1 Å². The number of nitrogens with one attached hydrogen (secondary N) is 2. The molecule has 2 rings (SSSR count). The molecule has 0 atom stereocenters. The van der Waals surface area contributed by atoms with Crippen molar-refractivity contribution >= 4 is 28.6 Å². The zero-order valence-electron chi connectivity index (χ0n) is 9.97. The number of hydrogen-bond donors (Lipinski definition) is 3. The lowest BCUT2D eigenvalue weighted by Crippen LogP contribution is -2.26. The second-order valence-electron chi connectivity index (χ2n) is 3.74. The molecule has 4 N–H and O–H groups in total. The standard InChI is InChI=1S/C11H14N6O/c1-7(18)13-4-5-14-10-8-2-3-9(12)17-11(8)16-6-15-10/h2-3,6H,4-5H2,1H3,(H,13,18)(H3,12,14,15,16,17). The van der Waals surface area contributed by atoms with Crippen LogP contribution in [-0.2, 0) is 4.79 Å². The first-order valence-corrected chi connectivity index (χ1v) is 5.52. The third-order valence-electron chi connectivity index (χ3n) is 2.31. The summed E-state index contributed by atoms with van der Waals surface area (Å²) in [5, 5.41) is 6.61. The summed E-state index contributed by atoms with van der Waals surface area (Å²) in [5.41, 5.74) is 6.14. The molecule has 18 heavy (non-hydrogen) atoms. The number of nitrogens with two attached hydrogens (primary N) is 1. The molecule has 2 aromatic rings. The van der Waals surface area contributed by atoms with E-state index in [1.807, 2.05) is 6.07 Å². The van der Waals surface area contributed by atoms with E-state index in [1.165, 1.54) is 13.3 Å². The second-order valence-corrected chi connectivity index (χ2v) is 3.74. The van der Waals surface area contributed by atoms with Gasteiger partial charge in [0.15, 0.2) is 5.65 Å². The lowest BCUT2D eigenvalue weighted by atomic mass is 10.3. The monoisotopic (exact) mass is 246 g/mol. The maximum Gasteiger partial charge on any atom is 0.216 e. The molecule has 0 radical (unpaired) electrons. The fraction of sp³-hybridized carbons (Fsp3) is 0.273. The summed E-state index contributed by atoms with van der Waals surface area (Å²) in [7, 11) is 0. The molecular weight excluding hydrogens is 232 g/mol. The average Bonchev–Trinajstić information content (AvgIpc) is 2.34. The van der Waals surface area contributed by atoms with E-state index >= 15 is 0 Å². The van der Waals surface area contributed by atoms with Crippen LogP contribution in [0.5, 0.6) is 0 Å². The molecule has 0 unspecified atom stereocenters. The minimum absolute atomic E-state index is 0.0567. The zero-order valence-corrected chi connectivity index (χ0v) is 9.97. The number of pyridine rings is 1. The number of rotatable bonds is 4. The van der Waals surface area contributed by atoms with Gasteiger partial charge in [0.05, 0.1) is 5.39 Å². The molecule has 0 fully saturated rings. The molecule has 2 heterocycles. The van der Waals surface area contributed by atoms with Crippen LogP contribution >= 0.6 is 0 Å². The predicted octanol–water partition coefficient (Wildman–Crippen LogP) is 0.155. The van der Waals surface area contributed by atoms with Crippen LogP contribution in [0.2, 0.25) is 0 Å². The van der Waals surface area contributed by atoms with Crippen molar-refractivity contribution in [1.82, 2.24) is 20.3 Å². The van der Waals surface area contributed by atoms with E-state index in [0.29, 0.717) is 30.4 Å². The quantitative estimate of drug-likeness (QED) is 0.663. The molecule has 1 amide bonds. The summed E-state index contributed by atoms with van der Waals surface area (Å²) in [6, 6.07) is 3.52. The molecule has 7 nitrogen and oxygen atoms in total. The maximum atomic E-state index is 10.7. The van der Waals surface area contributed by atoms with Crippen molar-refractivity contribution in [2.24, 2.45) is 0 Å². The summed E-state index contributed by atoms with van der Waals surface area (Å²) >= 11 is 0. The van der Waals surface area contributed by atoms with Gasteiger partial charge >= 0.3 is 0 Å². The van der Waals surface area contributed by atoms with Gasteiger partial charge in [0.25, 0.3) is 0 Å². The summed E-state index contributed by atoms with van der Waals surface area (Å²) in [6.45, 7) is 2.59. The number of carbonyl (C=O) groups is 1. The number of nitrogen functional groups attached to an aromatic ring is 1. The summed E-state index contributed by atoms with van der Waals surface area (Å²) in [6.07, 6.45) is 1.43. The molecule has 0 spiro atoms. The van der Waals surface area contributed by atoms with Crippen LogP contribution in [0, 0.1) is 0 Å². The molecule has 2 aromatic heterocycles. The van der Waals surface area contributed by atoms with Gasteiger partial charge in [-0.15, -0.1) is 0 Å². The fourth-order valence-corrected chi connectivity index (χ4v) is 1.52. The largest absolute Gasteiger partial charge is 0.384 e. The molecule has 0 aliphatic rings. The Labute approximate surface area is 104 Å². The van der Waals surface area contributed by atoms with Gasteiger partial charge in [0.2, 0.25) is 5.91 Å². The minimum atomic E-state index is -0.0567. The van der Waals surface area contributed by atoms with Crippen molar-refractivity contribution in [1.29, 1.82) is 0 Å². The summed E-state index contributed by atoms with van der Waals surface area (Å²) in [5.74, 6) is 1.04. The number of amides is 1. The maximum absolute atomic E-state index is 10.7. The van der Waals surface area contributed by atoms with E-state index in [0.717, 1.165) is 5.39 Å².